The van der Waals surface area contributed by atoms with Gasteiger partial charge in [0.15, 0.2) is 12.4 Å². The molecule has 2 fully saturated rings. The van der Waals surface area contributed by atoms with E-state index < -0.39 is 11.4 Å². The van der Waals surface area contributed by atoms with E-state index in [4.69, 9.17) is 4.74 Å². The molecule has 4 aliphatic carbocycles. The molecule has 0 saturated heterocycles. The van der Waals surface area contributed by atoms with Crippen LogP contribution in [-0.2, 0) is 23.9 Å². The molecule has 4 rings (SSSR count). The van der Waals surface area contributed by atoms with Gasteiger partial charge in [-0.3, -0.25) is 19.2 Å². The number of carbonyl (C=O) groups is 4. The van der Waals surface area contributed by atoms with Crippen LogP contribution in [0.1, 0.15) is 59.3 Å². The molecule has 5 heteroatoms. The maximum atomic E-state index is 13.4. The van der Waals surface area contributed by atoms with Crippen LogP contribution in [0.25, 0.3) is 0 Å². The number of hydrogen-bond donors (Lipinski definition) is 0. The Kier molecular flexibility index (Phi) is 4.48. The van der Waals surface area contributed by atoms with Gasteiger partial charge in [0.05, 0.1) is 0 Å². The molecular weight excluding hydrogens is 356 g/mol. The highest BCUT2D eigenvalue weighted by Gasteiger charge is 2.60. The van der Waals surface area contributed by atoms with Gasteiger partial charge in [0, 0.05) is 43.1 Å². The van der Waals surface area contributed by atoms with Crippen LogP contribution < -0.4 is 0 Å². The summed E-state index contributed by atoms with van der Waals surface area (Å²) in [6, 6.07) is 0. The van der Waals surface area contributed by atoms with Crippen molar-refractivity contribution in [1.82, 2.24) is 0 Å². The fraction of sp³-hybridized carbons (Fsp3) is 0.652. The molecule has 0 aromatic heterocycles. The predicted molar refractivity (Wildman–Crippen MR) is 102 cm³/mol. The lowest BCUT2D eigenvalue weighted by Crippen LogP contribution is -2.54. The number of fused-ring (bicyclic) bond motifs is 5. The van der Waals surface area contributed by atoms with E-state index in [1.165, 1.54) is 6.92 Å². The number of allylic oxidation sites excluding steroid dienone is 3. The lowest BCUT2D eigenvalue weighted by molar-refractivity contribution is -0.146. The van der Waals surface area contributed by atoms with Gasteiger partial charge < -0.3 is 4.74 Å². The SMILES string of the molecule is CC(=O)OCC(=O)C1=CC[C@H]2[C@@H]3CC=C4CC(=O)CC[C@]4(C)[C@H]3C(=O)C[C@]12C. The molecule has 0 unspecified atom stereocenters. The summed E-state index contributed by atoms with van der Waals surface area (Å²) >= 11 is 0. The van der Waals surface area contributed by atoms with Crippen LogP contribution >= 0.6 is 0 Å². The number of hydrogen-bond acceptors (Lipinski definition) is 5. The second-order valence-corrected chi connectivity index (χ2v) is 9.46. The van der Waals surface area contributed by atoms with Gasteiger partial charge >= 0.3 is 5.97 Å². The quantitative estimate of drug-likeness (QED) is 0.551. The number of Topliss-reactive ketones (excluding diaryl/α,β-unsaturated/α-hetero) is 3. The third-order valence-corrected chi connectivity index (χ3v) is 7.92. The predicted octanol–water partition coefficient (Wildman–Crippen LogP) is 3.37. The molecule has 0 radical (unpaired) electrons. The zero-order chi connectivity index (χ0) is 20.3. The Morgan fingerprint density at radius 1 is 1.14 bits per heavy atom. The lowest BCUT2D eigenvalue weighted by Gasteiger charge is -2.55. The smallest absolute Gasteiger partial charge is 0.303 e. The van der Waals surface area contributed by atoms with Crippen molar-refractivity contribution in [2.75, 3.05) is 6.61 Å². The average molecular weight is 384 g/mol. The molecule has 0 amide bonds. The first-order valence-corrected chi connectivity index (χ1v) is 10.3. The zero-order valence-corrected chi connectivity index (χ0v) is 16.9. The average Bonchev–Trinajstić information content (AvgIpc) is 2.96. The molecular formula is C23H28O5. The van der Waals surface area contributed by atoms with Gasteiger partial charge in [-0.15, -0.1) is 0 Å². The number of ketones is 3. The Balaban J connectivity index is 1.63. The highest BCUT2D eigenvalue weighted by atomic mass is 16.5. The molecule has 0 N–H and O–H groups in total. The Morgan fingerprint density at radius 3 is 2.61 bits per heavy atom. The Morgan fingerprint density at radius 2 is 1.89 bits per heavy atom. The van der Waals surface area contributed by atoms with Gasteiger partial charge in [-0.1, -0.05) is 31.6 Å². The van der Waals surface area contributed by atoms with Crippen molar-refractivity contribution < 1.29 is 23.9 Å². The first kappa shape index (κ1) is 19.3. The van der Waals surface area contributed by atoms with Crippen LogP contribution in [0.5, 0.6) is 0 Å². The highest BCUT2D eigenvalue weighted by Crippen LogP contribution is 2.63. The monoisotopic (exact) mass is 384 g/mol. The largest absolute Gasteiger partial charge is 0.457 e. The van der Waals surface area contributed by atoms with Crippen molar-refractivity contribution in [2.24, 2.45) is 28.6 Å². The number of rotatable bonds is 3. The fourth-order valence-electron chi connectivity index (χ4n) is 6.56. The molecule has 5 atom stereocenters. The van der Waals surface area contributed by atoms with Crippen LogP contribution in [0, 0.1) is 28.6 Å². The van der Waals surface area contributed by atoms with E-state index in [0.717, 1.165) is 24.8 Å². The Hall–Kier alpha value is -2.04. The van der Waals surface area contributed by atoms with Crippen molar-refractivity contribution in [1.29, 1.82) is 0 Å². The zero-order valence-electron chi connectivity index (χ0n) is 16.9. The first-order valence-electron chi connectivity index (χ1n) is 10.3. The summed E-state index contributed by atoms with van der Waals surface area (Å²) in [6.07, 6.45) is 7.90. The molecule has 4 aliphatic rings. The molecule has 0 spiro atoms. The van der Waals surface area contributed by atoms with E-state index in [-0.39, 0.29) is 47.1 Å². The second-order valence-electron chi connectivity index (χ2n) is 9.46. The number of ether oxygens (including phenoxy) is 1. The lowest BCUT2D eigenvalue weighted by atomic mass is 9.47. The van der Waals surface area contributed by atoms with Gasteiger partial charge in [-0.2, -0.15) is 0 Å². The summed E-state index contributed by atoms with van der Waals surface area (Å²) in [5.74, 6) is 0.207. The van der Waals surface area contributed by atoms with E-state index in [1.54, 1.807) is 0 Å². The van der Waals surface area contributed by atoms with Crippen LogP contribution in [0.4, 0.5) is 0 Å². The van der Waals surface area contributed by atoms with Crippen molar-refractivity contribution >= 4 is 23.3 Å². The normalized spacial score (nSPS) is 39.3. The number of carbonyl (C=O) groups excluding carboxylic acids is 4. The van der Waals surface area contributed by atoms with Crippen LogP contribution in [0.15, 0.2) is 23.3 Å². The van der Waals surface area contributed by atoms with Crippen molar-refractivity contribution in [3.05, 3.63) is 23.3 Å². The van der Waals surface area contributed by atoms with E-state index >= 15 is 0 Å². The van der Waals surface area contributed by atoms with Gasteiger partial charge in [-0.25, -0.2) is 0 Å². The highest BCUT2D eigenvalue weighted by molar-refractivity contribution is 6.00. The maximum absolute atomic E-state index is 13.4. The minimum atomic E-state index is -0.484. The van der Waals surface area contributed by atoms with Crippen molar-refractivity contribution in [3.63, 3.8) is 0 Å². The summed E-state index contributed by atoms with van der Waals surface area (Å²) in [5, 5.41) is 0. The van der Waals surface area contributed by atoms with Gasteiger partial charge in [0.2, 0.25) is 0 Å². The van der Waals surface area contributed by atoms with Gasteiger partial charge in [-0.05, 0) is 36.5 Å². The Labute approximate surface area is 165 Å². The summed E-state index contributed by atoms with van der Waals surface area (Å²) in [4.78, 5) is 49.1. The van der Waals surface area contributed by atoms with E-state index in [0.29, 0.717) is 24.8 Å². The molecule has 0 aromatic carbocycles. The molecule has 0 heterocycles. The molecule has 2 saturated carbocycles. The summed E-state index contributed by atoms with van der Waals surface area (Å²) in [6.45, 7) is 5.23. The summed E-state index contributed by atoms with van der Waals surface area (Å²) in [5.41, 5.74) is 1.10. The molecule has 28 heavy (non-hydrogen) atoms. The minimum absolute atomic E-state index is 0.0602. The fourth-order valence-corrected chi connectivity index (χ4v) is 6.56. The third-order valence-electron chi connectivity index (χ3n) is 7.92. The standard InChI is InChI=1S/C23H28O5/c1-13(24)28-12-20(27)18-7-6-17-16-5-4-14-10-15(25)8-9-22(14,2)21(16)19(26)11-23(17,18)3/h4,7,16-17,21H,5-6,8-12H2,1-3H3/t16-,17-,21+,22-,23-/m0/s1. The maximum Gasteiger partial charge on any atom is 0.303 e. The van der Waals surface area contributed by atoms with Crippen LogP contribution in [0.3, 0.4) is 0 Å². The van der Waals surface area contributed by atoms with Crippen LogP contribution in [-0.4, -0.2) is 29.9 Å². The molecule has 0 aromatic rings. The minimum Gasteiger partial charge on any atom is -0.457 e. The van der Waals surface area contributed by atoms with E-state index in [9.17, 15) is 19.2 Å². The van der Waals surface area contributed by atoms with Gasteiger partial charge in [0.25, 0.3) is 0 Å². The molecule has 150 valence electrons. The van der Waals surface area contributed by atoms with E-state index in [2.05, 4.69) is 13.0 Å². The Bertz CT molecular complexity index is 834. The molecule has 0 bridgehead atoms. The topological polar surface area (TPSA) is 77.5 Å². The number of esters is 1. The van der Waals surface area contributed by atoms with E-state index in [1.807, 2.05) is 13.0 Å². The summed E-state index contributed by atoms with van der Waals surface area (Å²) < 4.78 is 4.92. The van der Waals surface area contributed by atoms with Gasteiger partial charge in [0.1, 0.15) is 11.6 Å². The van der Waals surface area contributed by atoms with Crippen molar-refractivity contribution in [2.45, 2.75) is 59.3 Å². The van der Waals surface area contributed by atoms with Crippen molar-refractivity contribution in [3.8, 4) is 0 Å². The third kappa shape index (κ3) is 2.73. The first-order chi connectivity index (χ1) is 13.2. The molecule has 0 aliphatic heterocycles. The van der Waals surface area contributed by atoms with Crippen LogP contribution in [0.2, 0.25) is 0 Å². The summed E-state index contributed by atoms with van der Waals surface area (Å²) in [7, 11) is 0. The second kappa shape index (κ2) is 6.50. The molecule has 5 nitrogen and oxygen atoms in total.